The van der Waals surface area contributed by atoms with Crippen molar-refractivity contribution in [3.05, 3.63) is 29.8 Å². The van der Waals surface area contributed by atoms with Gasteiger partial charge in [0, 0.05) is 25.9 Å². The molecule has 0 heterocycles. The van der Waals surface area contributed by atoms with Gasteiger partial charge in [-0.2, -0.15) is 0 Å². The molecule has 1 aromatic carbocycles. The van der Waals surface area contributed by atoms with Crippen molar-refractivity contribution in [2.75, 3.05) is 45.7 Å². The minimum Gasteiger partial charge on any atom is -0.383 e. The molecule has 0 atom stereocenters. The molecule has 0 fully saturated rings. The predicted octanol–water partition coefficient (Wildman–Crippen LogP) is 2.11. The lowest BCUT2D eigenvalue weighted by Crippen LogP contribution is -2.28. The fourth-order valence-corrected chi connectivity index (χ4v) is 1.86. The second-order valence-corrected chi connectivity index (χ2v) is 5.47. The summed E-state index contributed by atoms with van der Waals surface area (Å²) in [6.45, 7) is 7.51. The van der Waals surface area contributed by atoms with Crippen LogP contribution in [-0.4, -0.2) is 51.3 Å². The quantitative estimate of drug-likeness (QED) is 0.569. The van der Waals surface area contributed by atoms with Crippen LogP contribution in [0.15, 0.2) is 29.3 Å². The van der Waals surface area contributed by atoms with Crippen molar-refractivity contribution in [1.29, 1.82) is 0 Å². The number of rotatable bonds is 8. The highest BCUT2D eigenvalue weighted by atomic mass is 16.5. The molecular weight excluding hydrogens is 264 g/mol. The van der Waals surface area contributed by atoms with Gasteiger partial charge in [0.15, 0.2) is 5.96 Å². The zero-order valence-electron chi connectivity index (χ0n) is 13.6. The second kappa shape index (κ2) is 9.37. The van der Waals surface area contributed by atoms with Gasteiger partial charge in [0.2, 0.25) is 0 Å². The van der Waals surface area contributed by atoms with Crippen molar-refractivity contribution in [2.24, 2.45) is 10.7 Å². The summed E-state index contributed by atoms with van der Waals surface area (Å²) in [5.41, 5.74) is 8.18. The Hall–Kier alpha value is -1.59. The van der Waals surface area contributed by atoms with Crippen LogP contribution in [0.5, 0.6) is 0 Å². The van der Waals surface area contributed by atoms with Crippen LogP contribution in [0.1, 0.15) is 25.3 Å². The normalized spacial score (nSPS) is 12.2. The van der Waals surface area contributed by atoms with Gasteiger partial charge >= 0.3 is 0 Å². The lowest BCUT2D eigenvalue weighted by atomic mass is 10.0. The van der Waals surface area contributed by atoms with Crippen molar-refractivity contribution in [3.63, 3.8) is 0 Å². The van der Waals surface area contributed by atoms with Crippen LogP contribution in [-0.2, 0) is 4.74 Å². The molecular formula is C16H28N4O. The first-order valence-corrected chi connectivity index (χ1v) is 7.37. The van der Waals surface area contributed by atoms with Crippen molar-refractivity contribution >= 4 is 11.6 Å². The van der Waals surface area contributed by atoms with E-state index in [1.165, 1.54) is 5.56 Å². The molecule has 0 aromatic heterocycles. The summed E-state index contributed by atoms with van der Waals surface area (Å²) in [5.74, 6) is 0.954. The highest BCUT2D eigenvalue weighted by molar-refractivity contribution is 5.92. The third kappa shape index (κ3) is 7.11. The highest BCUT2D eigenvalue weighted by Gasteiger charge is 2.01. The van der Waals surface area contributed by atoms with E-state index in [4.69, 9.17) is 10.5 Å². The average molecular weight is 292 g/mol. The van der Waals surface area contributed by atoms with Gasteiger partial charge in [0.05, 0.1) is 13.2 Å². The Kier molecular flexibility index (Phi) is 7.79. The maximum absolute atomic E-state index is 5.91. The van der Waals surface area contributed by atoms with E-state index in [9.17, 15) is 0 Å². The van der Waals surface area contributed by atoms with E-state index in [1.54, 1.807) is 7.11 Å². The van der Waals surface area contributed by atoms with Crippen LogP contribution < -0.4 is 11.1 Å². The average Bonchev–Trinajstić information content (AvgIpc) is 2.45. The first-order valence-electron chi connectivity index (χ1n) is 7.37. The molecule has 0 saturated heterocycles. The van der Waals surface area contributed by atoms with E-state index >= 15 is 0 Å². The van der Waals surface area contributed by atoms with Crippen LogP contribution in [0.25, 0.3) is 0 Å². The number of benzene rings is 1. The summed E-state index contributed by atoms with van der Waals surface area (Å²) in [4.78, 5) is 6.51. The van der Waals surface area contributed by atoms with Gasteiger partial charge in [0.1, 0.15) is 0 Å². The maximum atomic E-state index is 5.91. The van der Waals surface area contributed by atoms with E-state index in [1.807, 2.05) is 19.2 Å². The van der Waals surface area contributed by atoms with Crippen LogP contribution in [0.3, 0.4) is 0 Å². The number of methoxy groups -OCH3 is 1. The number of nitrogens with zero attached hydrogens (tertiary/aromatic N) is 2. The molecule has 1 aromatic rings. The van der Waals surface area contributed by atoms with Gasteiger partial charge < -0.3 is 20.7 Å². The highest BCUT2D eigenvalue weighted by Crippen LogP contribution is 2.18. The molecule has 1 rings (SSSR count). The zero-order valence-corrected chi connectivity index (χ0v) is 13.6. The number of nitrogens with one attached hydrogen (secondary N) is 1. The Morgan fingerprint density at radius 1 is 1.38 bits per heavy atom. The van der Waals surface area contributed by atoms with Crippen LogP contribution >= 0.6 is 0 Å². The van der Waals surface area contributed by atoms with E-state index in [0.717, 1.165) is 25.4 Å². The SMILES string of the molecule is COCCN(C)CCN=C(N)Nc1cccc(C(C)C)c1. The number of ether oxygens (including phenoxy) is 1. The molecule has 0 saturated carbocycles. The second-order valence-electron chi connectivity index (χ2n) is 5.47. The van der Waals surface area contributed by atoms with Crippen molar-refractivity contribution < 1.29 is 4.74 Å². The number of hydrogen-bond donors (Lipinski definition) is 2. The molecule has 0 aliphatic heterocycles. The molecule has 0 radical (unpaired) electrons. The summed E-state index contributed by atoms with van der Waals surface area (Å²) >= 11 is 0. The summed E-state index contributed by atoms with van der Waals surface area (Å²) < 4.78 is 5.03. The van der Waals surface area contributed by atoms with Crippen LogP contribution in [0.2, 0.25) is 0 Å². The number of hydrogen-bond acceptors (Lipinski definition) is 3. The number of nitrogens with two attached hydrogens (primary N) is 1. The van der Waals surface area contributed by atoms with Crippen LogP contribution in [0, 0.1) is 0 Å². The minimum absolute atomic E-state index is 0.455. The first kappa shape index (κ1) is 17.5. The van der Waals surface area contributed by atoms with Gasteiger partial charge in [-0.1, -0.05) is 26.0 Å². The number of anilines is 1. The van der Waals surface area contributed by atoms with Crippen molar-refractivity contribution in [3.8, 4) is 0 Å². The summed E-state index contributed by atoms with van der Waals surface area (Å²) in [6.07, 6.45) is 0. The molecule has 0 aliphatic rings. The van der Waals surface area contributed by atoms with Gasteiger partial charge in [-0.05, 0) is 30.7 Å². The summed E-state index contributed by atoms with van der Waals surface area (Å²) in [6, 6.07) is 8.26. The minimum atomic E-state index is 0.455. The molecule has 5 heteroatoms. The first-order chi connectivity index (χ1) is 10.0. The number of likely N-dealkylation sites (N-methyl/N-ethyl adjacent to an activating group) is 1. The van der Waals surface area contributed by atoms with Crippen molar-refractivity contribution in [1.82, 2.24) is 4.90 Å². The van der Waals surface area contributed by atoms with Crippen molar-refractivity contribution in [2.45, 2.75) is 19.8 Å². The molecule has 21 heavy (non-hydrogen) atoms. The van der Waals surface area contributed by atoms with E-state index < -0.39 is 0 Å². The standard InChI is InChI=1S/C16H28N4O/c1-13(2)14-6-5-7-15(12-14)19-16(17)18-8-9-20(3)10-11-21-4/h5-7,12-13H,8-11H2,1-4H3,(H3,17,18,19). The number of guanidine groups is 1. The monoisotopic (exact) mass is 292 g/mol. The third-order valence-electron chi connectivity index (χ3n) is 3.27. The molecule has 3 N–H and O–H groups in total. The van der Waals surface area contributed by atoms with Gasteiger partial charge in [-0.15, -0.1) is 0 Å². The molecule has 0 bridgehead atoms. The molecule has 118 valence electrons. The topological polar surface area (TPSA) is 62.9 Å². The lowest BCUT2D eigenvalue weighted by Gasteiger charge is -2.14. The Balaban J connectivity index is 2.43. The molecule has 0 unspecified atom stereocenters. The van der Waals surface area contributed by atoms with Gasteiger partial charge in [0.25, 0.3) is 0 Å². The maximum Gasteiger partial charge on any atom is 0.193 e. The summed E-state index contributed by atoms with van der Waals surface area (Å²) in [7, 11) is 3.75. The number of aliphatic imine (C=N–C) groups is 1. The van der Waals surface area contributed by atoms with E-state index in [-0.39, 0.29) is 0 Å². The molecule has 0 spiro atoms. The Morgan fingerprint density at radius 2 is 2.14 bits per heavy atom. The fraction of sp³-hybridized carbons (Fsp3) is 0.562. The Bertz CT molecular complexity index is 446. The largest absolute Gasteiger partial charge is 0.383 e. The molecule has 0 aliphatic carbocycles. The molecule has 0 amide bonds. The fourth-order valence-electron chi connectivity index (χ4n) is 1.86. The zero-order chi connectivity index (χ0) is 15.7. The van der Waals surface area contributed by atoms with Gasteiger partial charge in [-0.3, -0.25) is 4.99 Å². The van der Waals surface area contributed by atoms with Crippen LogP contribution in [0.4, 0.5) is 5.69 Å². The summed E-state index contributed by atoms with van der Waals surface area (Å²) in [5, 5.41) is 3.14. The Labute approximate surface area is 128 Å². The third-order valence-corrected chi connectivity index (χ3v) is 3.27. The Morgan fingerprint density at radius 3 is 2.81 bits per heavy atom. The predicted molar refractivity (Wildman–Crippen MR) is 90.0 cm³/mol. The van der Waals surface area contributed by atoms with E-state index in [2.05, 4.69) is 41.2 Å². The van der Waals surface area contributed by atoms with Gasteiger partial charge in [-0.25, -0.2) is 0 Å². The molecule has 5 nitrogen and oxygen atoms in total. The smallest absolute Gasteiger partial charge is 0.193 e. The van der Waals surface area contributed by atoms with E-state index in [0.29, 0.717) is 18.4 Å². The lowest BCUT2D eigenvalue weighted by molar-refractivity contribution is 0.163.